The quantitative estimate of drug-likeness (QED) is 0.814. The number of aryl methyl sites for hydroxylation is 1. The molecule has 94 valence electrons. The molecule has 1 aliphatic carbocycles. The van der Waals surface area contributed by atoms with E-state index in [1.807, 2.05) is 6.92 Å². The van der Waals surface area contributed by atoms with Crippen LogP contribution in [-0.4, -0.2) is 28.0 Å². The van der Waals surface area contributed by atoms with Gasteiger partial charge in [0.1, 0.15) is 0 Å². The van der Waals surface area contributed by atoms with E-state index >= 15 is 0 Å². The van der Waals surface area contributed by atoms with Crippen LogP contribution >= 0.6 is 11.6 Å². The summed E-state index contributed by atoms with van der Waals surface area (Å²) in [5.41, 5.74) is 1.43. The van der Waals surface area contributed by atoms with Crippen molar-refractivity contribution in [2.24, 2.45) is 5.92 Å². The molecule has 0 spiro atoms. The van der Waals surface area contributed by atoms with E-state index in [9.17, 15) is 4.79 Å². The van der Waals surface area contributed by atoms with Crippen LogP contribution in [0.3, 0.4) is 0 Å². The Morgan fingerprint density at radius 1 is 1.59 bits per heavy atom. The lowest BCUT2D eigenvalue weighted by Crippen LogP contribution is -2.42. The van der Waals surface area contributed by atoms with Crippen LogP contribution in [0.1, 0.15) is 41.7 Å². The first-order valence-electron chi connectivity index (χ1n) is 6.09. The van der Waals surface area contributed by atoms with Crippen LogP contribution in [0.2, 0.25) is 0 Å². The average molecular weight is 256 g/mol. The number of carbonyl (C=O) groups excluding carboxylic acids is 1. The largest absolute Gasteiger partial charge is 0.349 e. The van der Waals surface area contributed by atoms with Gasteiger partial charge in [0.25, 0.3) is 5.91 Å². The number of nitrogens with zero attached hydrogens (tertiary/aromatic N) is 1. The molecule has 4 nitrogen and oxygen atoms in total. The molecule has 5 heteroatoms. The summed E-state index contributed by atoms with van der Waals surface area (Å²) in [6.45, 7) is 1.85. The topological polar surface area (TPSA) is 57.8 Å². The van der Waals surface area contributed by atoms with Gasteiger partial charge in [-0.2, -0.15) is 5.10 Å². The van der Waals surface area contributed by atoms with Gasteiger partial charge in [0.05, 0.1) is 11.8 Å². The molecule has 1 saturated carbocycles. The molecule has 0 bridgehead atoms. The van der Waals surface area contributed by atoms with Gasteiger partial charge in [-0.1, -0.05) is 12.8 Å². The van der Waals surface area contributed by atoms with Gasteiger partial charge in [0.15, 0.2) is 0 Å². The van der Waals surface area contributed by atoms with Crippen molar-refractivity contribution in [3.05, 3.63) is 17.5 Å². The number of rotatable bonds is 3. The fraction of sp³-hybridized carbons (Fsp3) is 0.667. The van der Waals surface area contributed by atoms with Crippen LogP contribution in [0, 0.1) is 12.8 Å². The highest BCUT2D eigenvalue weighted by atomic mass is 35.5. The number of carbonyl (C=O) groups is 1. The Hall–Kier alpha value is -1.03. The maximum atomic E-state index is 12.0. The number of hydrogen-bond acceptors (Lipinski definition) is 2. The molecule has 17 heavy (non-hydrogen) atoms. The smallest absolute Gasteiger partial charge is 0.254 e. The van der Waals surface area contributed by atoms with Gasteiger partial charge in [0, 0.05) is 17.6 Å². The Labute approximate surface area is 106 Å². The Kier molecular flexibility index (Phi) is 4.05. The Morgan fingerprint density at radius 2 is 2.35 bits per heavy atom. The molecule has 1 fully saturated rings. The molecule has 0 aliphatic heterocycles. The van der Waals surface area contributed by atoms with Gasteiger partial charge in [0.2, 0.25) is 0 Å². The van der Waals surface area contributed by atoms with E-state index in [0.29, 0.717) is 17.4 Å². The van der Waals surface area contributed by atoms with Crippen LogP contribution < -0.4 is 5.32 Å². The van der Waals surface area contributed by atoms with E-state index < -0.39 is 0 Å². The van der Waals surface area contributed by atoms with E-state index in [2.05, 4.69) is 15.5 Å². The number of aromatic amines is 1. The second kappa shape index (κ2) is 5.54. The van der Waals surface area contributed by atoms with E-state index in [1.165, 1.54) is 12.8 Å². The maximum absolute atomic E-state index is 12.0. The van der Waals surface area contributed by atoms with E-state index in [4.69, 9.17) is 11.6 Å². The molecule has 0 saturated heterocycles. The Bertz CT molecular complexity index is 391. The zero-order chi connectivity index (χ0) is 12.3. The van der Waals surface area contributed by atoms with Crippen molar-refractivity contribution in [2.75, 3.05) is 5.88 Å². The highest BCUT2D eigenvalue weighted by Gasteiger charge is 2.26. The van der Waals surface area contributed by atoms with E-state index in [0.717, 1.165) is 18.5 Å². The summed E-state index contributed by atoms with van der Waals surface area (Å²) in [4.78, 5) is 12.0. The van der Waals surface area contributed by atoms with E-state index in [1.54, 1.807) is 6.20 Å². The molecule has 2 rings (SSSR count). The van der Waals surface area contributed by atoms with Crippen molar-refractivity contribution in [3.8, 4) is 0 Å². The number of aromatic nitrogens is 2. The van der Waals surface area contributed by atoms with Crippen molar-refractivity contribution >= 4 is 17.5 Å². The summed E-state index contributed by atoms with van der Waals surface area (Å²) >= 11 is 5.94. The second-order valence-electron chi connectivity index (χ2n) is 4.69. The predicted molar refractivity (Wildman–Crippen MR) is 67.3 cm³/mol. The highest BCUT2D eigenvalue weighted by molar-refractivity contribution is 6.18. The number of amides is 1. The van der Waals surface area contributed by atoms with Crippen molar-refractivity contribution < 1.29 is 4.79 Å². The number of halogens is 1. The summed E-state index contributed by atoms with van der Waals surface area (Å²) in [5, 5.41) is 9.72. The third-order valence-corrected chi connectivity index (χ3v) is 3.89. The molecule has 1 aliphatic rings. The van der Waals surface area contributed by atoms with Crippen molar-refractivity contribution in [1.29, 1.82) is 0 Å². The molecule has 0 radical (unpaired) electrons. The highest BCUT2D eigenvalue weighted by Crippen LogP contribution is 2.25. The molecular formula is C12H18ClN3O. The summed E-state index contributed by atoms with van der Waals surface area (Å²) in [6, 6.07) is 0.211. The van der Waals surface area contributed by atoms with Gasteiger partial charge in [-0.3, -0.25) is 9.89 Å². The van der Waals surface area contributed by atoms with Gasteiger partial charge in [-0.05, 0) is 25.7 Å². The van der Waals surface area contributed by atoms with Gasteiger partial charge >= 0.3 is 0 Å². The summed E-state index contributed by atoms with van der Waals surface area (Å²) in [7, 11) is 0. The molecule has 0 aromatic carbocycles. The SMILES string of the molecule is Cc1[nH]ncc1C(=O)NC1CCCCC1CCl. The zero-order valence-corrected chi connectivity index (χ0v) is 10.8. The maximum Gasteiger partial charge on any atom is 0.254 e. The minimum Gasteiger partial charge on any atom is -0.349 e. The average Bonchev–Trinajstić information content (AvgIpc) is 2.76. The van der Waals surface area contributed by atoms with Crippen molar-refractivity contribution in [2.45, 2.75) is 38.6 Å². The van der Waals surface area contributed by atoms with Crippen molar-refractivity contribution in [3.63, 3.8) is 0 Å². The standard InChI is InChI=1S/C12H18ClN3O/c1-8-10(7-14-16-8)12(17)15-11-5-3-2-4-9(11)6-13/h7,9,11H,2-6H2,1H3,(H,14,16)(H,15,17). The number of nitrogens with one attached hydrogen (secondary N) is 2. The second-order valence-corrected chi connectivity index (χ2v) is 5.00. The lowest BCUT2D eigenvalue weighted by Gasteiger charge is -2.30. The molecule has 1 aromatic heterocycles. The third kappa shape index (κ3) is 2.80. The molecule has 2 atom stereocenters. The minimum atomic E-state index is -0.0433. The fourth-order valence-corrected chi connectivity index (χ4v) is 2.78. The minimum absolute atomic E-state index is 0.0433. The Balaban J connectivity index is 2.00. The van der Waals surface area contributed by atoms with Crippen LogP contribution in [0.4, 0.5) is 0 Å². The first kappa shape index (κ1) is 12.4. The summed E-state index contributed by atoms with van der Waals surface area (Å²) in [6.07, 6.45) is 6.10. The number of H-pyrrole nitrogens is 1. The van der Waals surface area contributed by atoms with Crippen LogP contribution in [0.5, 0.6) is 0 Å². The molecule has 2 unspecified atom stereocenters. The van der Waals surface area contributed by atoms with Crippen LogP contribution in [-0.2, 0) is 0 Å². The number of alkyl halides is 1. The third-order valence-electron chi connectivity index (χ3n) is 3.50. The van der Waals surface area contributed by atoms with E-state index in [-0.39, 0.29) is 11.9 Å². The number of hydrogen-bond donors (Lipinski definition) is 2. The monoisotopic (exact) mass is 255 g/mol. The van der Waals surface area contributed by atoms with Gasteiger partial charge in [-0.25, -0.2) is 0 Å². The fourth-order valence-electron chi connectivity index (χ4n) is 2.41. The normalized spacial score (nSPS) is 24.6. The van der Waals surface area contributed by atoms with Gasteiger partial charge in [-0.15, -0.1) is 11.6 Å². The Morgan fingerprint density at radius 3 is 3.00 bits per heavy atom. The predicted octanol–water partition coefficient (Wildman–Crippen LogP) is 2.25. The summed E-state index contributed by atoms with van der Waals surface area (Å²) < 4.78 is 0. The first-order valence-corrected chi connectivity index (χ1v) is 6.62. The molecule has 1 aromatic rings. The van der Waals surface area contributed by atoms with Crippen LogP contribution in [0.25, 0.3) is 0 Å². The first-order chi connectivity index (χ1) is 8.22. The van der Waals surface area contributed by atoms with Gasteiger partial charge < -0.3 is 5.32 Å². The molecule has 1 heterocycles. The molecule has 1 amide bonds. The van der Waals surface area contributed by atoms with Crippen molar-refractivity contribution in [1.82, 2.24) is 15.5 Å². The lowest BCUT2D eigenvalue weighted by atomic mass is 9.85. The van der Waals surface area contributed by atoms with Crippen LogP contribution in [0.15, 0.2) is 6.20 Å². The lowest BCUT2D eigenvalue weighted by molar-refractivity contribution is 0.0910. The molecule has 2 N–H and O–H groups in total. The molecular weight excluding hydrogens is 238 g/mol. The summed E-state index contributed by atoms with van der Waals surface area (Å²) in [5.74, 6) is 0.981. The zero-order valence-electron chi connectivity index (χ0n) is 10.0.